The Kier molecular flexibility index (Phi) is 8.54. The molecule has 2 aliphatic heterocycles. The predicted molar refractivity (Wildman–Crippen MR) is 131 cm³/mol. The molecule has 2 aromatic carbocycles. The fraction of sp³-hybridized carbons (Fsp3) is 0.480. The van der Waals surface area contributed by atoms with Crippen LogP contribution in [0.2, 0.25) is 5.02 Å². The average Bonchev–Trinajstić information content (AvgIpc) is 2.85. The maximum absolute atomic E-state index is 13.0. The summed E-state index contributed by atoms with van der Waals surface area (Å²) in [6, 6.07) is 12.8. The summed E-state index contributed by atoms with van der Waals surface area (Å²) in [6.07, 6.45) is -4.96. The second-order valence-electron chi connectivity index (χ2n) is 8.89. The summed E-state index contributed by atoms with van der Waals surface area (Å²) < 4.78 is 43.0. The Morgan fingerprint density at radius 1 is 0.943 bits per heavy atom. The van der Waals surface area contributed by atoms with Crippen molar-refractivity contribution < 1.29 is 22.7 Å². The molecule has 10 heteroatoms. The fourth-order valence-corrected chi connectivity index (χ4v) is 4.51. The van der Waals surface area contributed by atoms with Gasteiger partial charge in [-0.25, -0.2) is 0 Å². The molecule has 1 amide bonds. The summed E-state index contributed by atoms with van der Waals surface area (Å²) in [5.41, 5.74) is 3.08. The zero-order chi connectivity index (χ0) is 24.8. The molecule has 0 aliphatic carbocycles. The molecule has 2 aromatic rings. The van der Waals surface area contributed by atoms with Crippen LogP contribution in [0.25, 0.3) is 0 Å². The minimum atomic E-state index is -4.15. The van der Waals surface area contributed by atoms with Gasteiger partial charge in [0.1, 0.15) is 0 Å². The number of morpholine rings is 1. The summed E-state index contributed by atoms with van der Waals surface area (Å²) >= 11 is 6.23. The number of nitrogens with one attached hydrogen (secondary N) is 1. The van der Waals surface area contributed by atoms with Gasteiger partial charge in [-0.15, -0.1) is 0 Å². The smallest absolute Gasteiger partial charge is 0.379 e. The maximum atomic E-state index is 13.0. The lowest BCUT2D eigenvalue weighted by atomic mass is 10.1. The van der Waals surface area contributed by atoms with Crippen LogP contribution in [0.5, 0.6) is 0 Å². The topological polar surface area (TPSA) is 48.1 Å². The third kappa shape index (κ3) is 7.57. The van der Waals surface area contributed by atoms with E-state index in [-0.39, 0.29) is 12.5 Å². The largest absolute Gasteiger partial charge is 0.390 e. The molecule has 1 N–H and O–H groups in total. The van der Waals surface area contributed by atoms with Crippen LogP contribution in [0.4, 0.5) is 24.5 Å². The molecule has 2 saturated heterocycles. The number of rotatable bonds is 7. The highest BCUT2D eigenvalue weighted by atomic mass is 35.5. The van der Waals surface area contributed by atoms with Crippen LogP contribution in [0.15, 0.2) is 42.5 Å². The number of anilines is 2. The van der Waals surface area contributed by atoms with Crippen molar-refractivity contribution in [3.8, 4) is 0 Å². The van der Waals surface area contributed by atoms with Crippen molar-refractivity contribution in [2.45, 2.75) is 19.1 Å². The third-order valence-electron chi connectivity index (χ3n) is 6.36. The zero-order valence-electron chi connectivity index (χ0n) is 19.5. The molecule has 35 heavy (non-hydrogen) atoms. The lowest BCUT2D eigenvalue weighted by Gasteiger charge is -2.37. The third-order valence-corrected chi connectivity index (χ3v) is 6.59. The van der Waals surface area contributed by atoms with E-state index in [1.807, 2.05) is 29.2 Å². The molecule has 2 heterocycles. The molecule has 0 atom stereocenters. The fourth-order valence-electron chi connectivity index (χ4n) is 4.34. The van der Waals surface area contributed by atoms with Gasteiger partial charge in [0, 0.05) is 62.9 Å². The average molecular weight is 511 g/mol. The first-order valence-electron chi connectivity index (χ1n) is 11.8. The maximum Gasteiger partial charge on any atom is 0.390 e. The van der Waals surface area contributed by atoms with Gasteiger partial charge in [0.05, 0.1) is 31.0 Å². The van der Waals surface area contributed by atoms with E-state index in [1.165, 1.54) is 0 Å². The summed E-state index contributed by atoms with van der Waals surface area (Å²) in [5.74, 6) is -0.227. The van der Waals surface area contributed by atoms with E-state index < -0.39 is 12.6 Å². The Morgan fingerprint density at radius 3 is 2.29 bits per heavy atom. The van der Waals surface area contributed by atoms with Gasteiger partial charge in [-0.2, -0.15) is 13.2 Å². The number of amides is 1. The van der Waals surface area contributed by atoms with E-state index in [0.717, 1.165) is 44.1 Å². The molecule has 0 spiro atoms. The predicted octanol–water partition coefficient (Wildman–Crippen LogP) is 4.50. The lowest BCUT2D eigenvalue weighted by molar-refractivity contribution is -0.138. The molecule has 4 rings (SSSR count). The van der Waals surface area contributed by atoms with Gasteiger partial charge in [0.2, 0.25) is 0 Å². The van der Waals surface area contributed by atoms with Crippen LogP contribution in [-0.2, 0) is 11.3 Å². The molecule has 6 nitrogen and oxygen atoms in total. The second kappa shape index (κ2) is 11.6. The van der Waals surface area contributed by atoms with Gasteiger partial charge in [-0.05, 0) is 35.9 Å². The molecule has 0 radical (unpaired) electrons. The summed E-state index contributed by atoms with van der Waals surface area (Å²) in [4.78, 5) is 19.1. The monoisotopic (exact) mass is 510 g/mol. The lowest BCUT2D eigenvalue weighted by Crippen LogP contribution is -2.47. The molecule has 190 valence electrons. The number of carbonyl (C=O) groups is 1. The Labute approximate surface area is 208 Å². The second-order valence-corrected chi connectivity index (χ2v) is 9.33. The number of halogens is 4. The number of hydrogen-bond acceptors (Lipinski definition) is 5. The highest BCUT2D eigenvalue weighted by molar-refractivity contribution is 6.31. The standard InChI is InChI=1S/C25H30ClF3N4O2/c26-21-5-6-22(23(17-21)33-11-9-31(10-12-33)8-7-25(27,28)29)30-24(34)20-3-1-19(2-4-20)18-32-13-15-35-16-14-32/h1-6,17H,7-16,18H2,(H,30,34). The quantitative estimate of drug-likeness (QED) is 0.594. The van der Waals surface area contributed by atoms with Crippen molar-refractivity contribution in [1.82, 2.24) is 9.80 Å². The highest BCUT2D eigenvalue weighted by Crippen LogP contribution is 2.31. The SMILES string of the molecule is O=C(Nc1ccc(Cl)cc1N1CCN(CCC(F)(F)F)CC1)c1ccc(CN2CCOCC2)cc1. The molecular weight excluding hydrogens is 481 g/mol. The first-order valence-corrected chi connectivity index (χ1v) is 12.2. The molecular formula is C25H30ClF3N4O2. The molecule has 0 aromatic heterocycles. The number of carbonyl (C=O) groups excluding carboxylic acids is 1. The summed E-state index contributed by atoms with van der Waals surface area (Å²) in [7, 11) is 0. The molecule has 0 saturated carbocycles. The van der Waals surface area contributed by atoms with Crippen LogP contribution in [0.1, 0.15) is 22.3 Å². The Balaban J connectivity index is 1.37. The van der Waals surface area contributed by atoms with Gasteiger partial charge in [0.25, 0.3) is 5.91 Å². The van der Waals surface area contributed by atoms with Crippen molar-refractivity contribution in [1.29, 1.82) is 0 Å². The van der Waals surface area contributed by atoms with Crippen molar-refractivity contribution in [2.75, 3.05) is 69.2 Å². The van der Waals surface area contributed by atoms with Crippen LogP contribution in [-0.4, -0.2) is 80.9 Å². The van der Waals surface area contributed by atoms with E-state index in [0.29, 0.717) is 42.5 Å². The Bertz CT molecular complexity index is 989. The van der Waals surface area contributed by atoms with Crippen LogP contribution in [0.3, 0.4) is 0 Å². The molecule has 2 fully saturated rings. The minimum absolute atomic E-state index is 0.00197. The van der Waals surface area contributed by atoms with E-state index >= 15 is 0 Å². The number of piperazine rings is 1. The van der Waals surface area contributed by atoms with Crippen molar-refractivity contribution >= 4 is 28.9 Å². The minimum Gasteiger partial charge on any atom is -0.379 e. The van der Waals surface area contributed by atoms with Crippen molar-refractivity contribution in [2.24, 2.45) is 0 Å². The number of alkyl halides is 3. The van der Waals surface area contributed by atoms with Crippen LogP contribution in [0, 0.1) is 0 Å². The number of hydrogen-bond donors (Lipinski definition) is 1. The van der Waals surface area contributed by atoms with E-state index in [2.05, 4.69) is 15.1 Å². The van der Waals surface area contributed by atoms with Crippen molar-refractivity contribution in [3.63, 3.8) is 0 Å². The molecule has 0 unspecified atom stereocenters. The summed E-state index contributed by atoms with van der Waals surface area (Å²) in [6.45, 7) is 6.24. The first kappa shape index (κ1) is 25.8. The molecule has 0 bridgehead atoms. The van der Waals surface area contributed by atoms with E-state index in [1.54, 1.807) is 18.2 Å². The Hall–Kier alpha value is -2.33. The van der Waals surface area contributed by atoms with Crippen molar-refractivity contribution in [3.05, 3.63) is 58.6 Å². The van der Waals surface area contributed by atoms with Gasteiger partial charge in [0.15, 0.2) is 0 Å². The normalized spacial score (nSPS) is 18.0. The van der Waals surface area contributed by atoms with E-state index in [4.69, 9.17) is 16.3 Å². The Morgan fingerprint density at radius 2 is 1.63 bits per heavy atom. The number of nitrogens with zero attached hydrogens (tertiary/aromatic N) is 3. The van der Waals surface area contributed by atoms with E-state index in [9.17, 15) is 18.0 Å². The summed E-state index contributed by atoms with van der Waals surface area (Å²) in [5, 5.41) is 3.51. The molecule has 2 aliphatic rings. The van der Waals surface area contributed by atoms with Gasteiger partial charge in [-0.3, -0.25) is 14.6 Å². The first-order chi connectivity index (χ1) is 16.8. The van der Waals surface area contributed by atoms with Gasteiger partial charge >= 0.3 is 6.18 Å². The highest BCUT2D eigenvalue weighted by Gasteiger charge is 2.29. The number of ether oxygens (including phenoxy) is 1. The number of benzene rings is 2. The van der Waals surface area contributed by atoms with Gasteiger partial charge in [-0.1, -0.05) is 23.7 Å². The van der Waals surface area contributed by atoms with Crippen LogP contribution >= 0.6 is 11.6 Å². The zero-order valence-corrected chi connectivity index (χ0v) is 20.2. The van der Waals surface area contributed by atoms with Crippen LogP contribution < -0.4 is 10.2 Å². The van der Waals surface area contributed by atoms with Gasteiger partial charge < -0.3 is 15.0 Å².